The van der Waals surface area contributed by atoms with Crippen LogP contribution in [0.1, 0.15) is 18.4 Å². The van der Waals surface area contributed by atoms with Gasteiger partial charge in [-0.15, -0.1) is 0 Å². The molecule has 0 amide bonds. The van der Waals surface area contributed by atoms with Crippen molar-refractivity contribution in [2.24, 2.45) is 5.16 Å². The van der Waals surface area contributed by atoms with Crippen LogP contribution in [0.3, 0.4) is 0 Å². The molecule has 3 aromatic rings. The summed E-state index contributed by atoms with van der Waals surface area (Å²) in [5.74, 6) is 0.645. The van der Waals surface area contributed by atoms with Crippen molar-refractivity contribution in [3.05, 3.63) is 76.6 Å². The van der Waals surface area contributed by atoms with Crippen molar-refractivity contribution in [1.82, 2.24) is 4.98 Å². The Kier molecular flexibility index (Phi) is 6.07. The molecule has 0 saturated carbocycles. The highest BCUT2D eigenvalue weighted by Crippen LogP contribution is 2.18. The molecule has 0 radical (unpaired) electrons. The predicted molar refractivity (Wildman–Crippen MR) is 105 cm³/mol. The molecule has 1 heterocycles. The van der Waals surface area contributed by atoms with Gasteiger partial charge >= 0.3 is 10.4 Å². The van der Waals surface area contributed by atoms with Crippen LogP contribution in [0.2, 0.25) is 0 Å². The maximum Gasteiger partial charge on any atom is 0.466 e. The number of aromatic nitrogens is 1. The molecule has 0 fully saturated rings. The largest absolute Gasteiger partial charge is 0.494 e. The normalized spacial score (nSPS) is 12.1. The van der Waals surface area contributed by atoms with Gasteiger partial charge in [0, 0.05) is 17.0 Å². The first-order valence-corrected chi connectivity index (χ1v) is 9.81. The summed E-state index contributed by atoms with van der Waals surface area (Å²) < 4.78 is 40.2. The number of aromatic amines is 1. The summed E-state index contributed by atoms with van der Waals surface area (Å²) in [7, 11) is -4.67. The molecular formula is C19H18N2O6S. The van der Waals surface area contributed by atoms with E-state index >= 15 is 0 Å². The Labute approximate surface area is 161 Å². The maximum atomic E-state index is 11.3. The number of nitrogens with one attached hydrogen (secondary N) is 1. The van der Waals surface area contributed by atoms with Crippen LogP contribution in [-0.2, 0) is 14.7 Å². The van der Waals surface area contributed by atoms with Gasteiger partial charge in [0.05, 0.1) is 12.3 Å². The molecule has 3 rings (SSSR count). The van der Waals surface area contributed by atoms with Gasteiger partial charge in [-0.05, 0) is 42.7 Å². The van der Waals surface area contributed by atoms with E-state index in [0.29, 0.717) is 36.5 Å². The van der Waals surface area contributed by atoms with Crippen molar-refractivity contribution in [2.75, 3.05) is 6.61 Å². The number of nitrogens with zero attached hydrogens (tertiary/aromatic N) is 1. The van der Waals surface area contributed by atoms with Crippen LogP contribution in [0.4, 0.5) is 0 Å². The number of rotatable bonds is 8. The van der Waals surface area contributed by atoms with Gasteiger partial charge < -0.3 is 9.72 Å². The lowest BCUT2D eigenvalue weighted by Crippen LogP contribution is -2.08. The summed E-state index contributed by atoms with van der Waals surface area (Å²) >= 11 is 0. The van der Waals surface area contributed by atoms with Crippen LogP contribution in [0, 0.1) is 0 Å². The average molecular weight is 402 g/mol. The quantitative estimate of drug-likeness (QED) is 0.259. The second kappa shape index (κ2) is 8.68. The zero-order valence-electron chi connectivity index (χ0n) is 14.7. The second-order valence-electron chi connectivity index (χ2n) is 5.93. The SMILES string of the molecule is O=c1ccc2cc(OCCCC(=NOS(=O)(=O)O)c3ccccc3)ccc2[nH]1. The molecule has 0 atom stereocenters. The summed E-state index contributed by atoms with van der Waals surface area (Å²) in [6.45, 7) is 0.354. The van der Waals surface area contributed by atoms with Crippen molar-refractivity contribution in [3.8, 4) is 5.75 Å². The minimum absolute atomic E-state index is 0.166. The van der Waals surface area contributed by atoms with Crippen molar-refractivity contribution in [2.45, 2.75) is 12.8 Å². The van der Waals surface area contributed by atoms with Crippen LogP contribution in [0.15, 0.2) is 70.6 Å². The summed E-state index contributed by atoms with van der Waals surface area (Å²) in [6.07, 6.45) is 0.909. The number of hydrogen-bond donors (Lipinski definition) is 2. The number of oxime groups is 1. The maximum absolute atomic E-state index is 11.3. The van der Waals surface area contributed by atoms with E-state index in [1.165, 1.54) is 6.07 Å². The van der Waals surface area contributed by atoms with E-state index in [1.54, 1.807) is 42.5 Å². The zero-order valence-corrected chi connectivity index (χ0v) is 15.6. The first kappa shape index (κ1) is 19.6. The minimum Gasteiger partial charge on any atom is -0.494 e. The van der Waals surface area contributed by atoms with E-state index in [9.17, 15) is 13.2 Å². The number of H-pyrrole nitrogens is 1. The molecule has 8 nitrogen and oxygen atoms in total. The first-order valence-electron chi connectivity index (χ1n) is 8.45. The molecule has 1 aromatic heterocycles. The predicted octanol–water partition coefficient (Wildman–Crippen LogP) is 2.91. The molecule has 146 valence electrons. The van der Waals surface area contributed by atoms with Crippen molar-refractivity contribution >= 4 is 27.0 Å². The van der Waals surface area contributed by atoms with Gasteiger partial charge in [-0.2, -0.15) is 8.42 Å². The smallest absolute Gasteiger partial charge is 0.466 e. The monoisotopic (exact) mass is 402 g/mol. The summed E-state index contributed by atoms with van der Waals surface area (Å²) in [4.78, 5) is 14.0. The highest BCUT2D eigenvalue weighted by atomic mass is 32.3. The van der Waals surface area contributed by atoms with E-state index in [2.05, 4.69) is 14.4 Å². The summed E-state index contributed by atoms with van der Waals surface area (Å²) in [6, 6.07) is 17.4. The first-order chi connectivity index (χ1) is 13.4. The fourth-order valence-electron chi connectivity index (χ4n) is 2.62. The standard InChI is InChI=1S/C19H18N2O6S/c22-19-11-8-15-13-16(9-10-17(15)20-19)26-12-4-7-18(21-27-28(23,24)25)14-5-2-1-3-6-14/h1-3,5-6,8-11,13H,4,7,12H2,(H,20,22)(H,23,24,25). The van der Waals surface area contributed by atoms with E-state index in [4.69, 9.17) is 9.29 Å². The van der Waals surface area contributed by atoms with Gasteiger partial charge in [0.25, 0.3) is 0 Å². The van der Waals surface area contributed by atoms with Gasteiger partial charge in [-0.25, -0.2) is 4.28 Å². The fourth-order valence-corrected chi connectivity index (χ4v) is 2.80. The van der Waals surface area contributed by atoms with Crippen LogP contribution in [-0.4, -0.2) is 30.3 Å². The topological polar surface area (TPSA) is 118 Å². The molecule has 28 heavy (non-hydrogen) atoms. The van der Waals surface area contributed by atoms with Crippen LogP contribution >= 0.6 is 0 Å². The number of pyridine rings is 1. The van der Waals surface area contributed by atoms with Gasteiger partial charge in [0.2, 0.25) is 5.56 Å². The van der Waals surface area contributed by atoms with Crippen LogP contribution < -0.4 is 10.3 Å². The van der Waals surface area contributed by atoms with Crippen LogP contribution in [0.25, 0.3) is 10.9 Å². The third-order valence-electron chi connectivity index (χ3n) is 3.87. The molecule has 0 aliphatic rings. The Balaban J connectivity index is 1.62. The van der Waals surface area contributed by atoms with Gasteiger partial charge in [0.15, 0.2) is 0 Å². The third-order valence-corrected chi connectivity index (χ3v) is 4.13. The lowest BCUT2D eigenvalue weighted by atomic mass is 10.1. The van der Waals surface area contributed by atoms with Gasteiger partial charge in [-0.3, -0.25) is 9.35 Å². The Hall–Kier alpha value is -3.17. The molecule has 2 aromatic carbocycles. The second-order valence-corrected chi connectivity index (χ2v) is 6.93. The summed E-state index contributed by atoms with van der Waals surface area (Å²) in [5.41, 5.74) is 1.61. The fraction of sp³-hybridized carbons (Fsp3) is 0.158. The Bertz CT molecular complexity index is 1140. The van der Waals surface area contributed by atoms with Crippen molar-refractivity contribution < 1.29 is 22.0 Å². The van der Waals surface area contributed by atoms with Crippen molar-refractivity contribution in [1.29, 1.82) is 0 Å². The third kappa shape index (κ3) is 5.66. The molecule has 0 unspecified atom stereocenters. The van der Waals surface area contributed by atoms with E-state index in [1.807, 2.05) is 12.1 Å². The number of ether oxygens (including phenoxy) is 1. The van der Waals surface area contributed by atoms with E-state index < -0.39 is 10.4 Å². The molecule has 0 aliphatic heterocycles. The number of fused-ring (bicyclic) bond motifs is 1. The van der Waals surface area contributed by atoms with Gasteiger partial charge in [0.1, 0.15) is 5.75 Å². The molecule has 0 saturated heterocycles. The molecule has 0 aliphatic carbocycles. The lowest BCUT2D eigenvalue weighted by molar-refractivity contribution is 0.280. The molecule has 9 heteroatoms. The zero-order chi connectivity index (χ0) is 20.0. The Morgan fingerprint density at radius 3 is 2.61 bits per heavy atom. The molecule has 0 bridgehead atoms. The lowest BCUT2D eigenvalue weighted by Gasteiger charge is -2.09. The minimum atomic E-state index is -4.67. The average Bonchev–Trinajstić information content (AvgIpc) is 2.67. The molecule has 2 N–H and O–H groups in total. The molecular weight excluding hydrogens is 384 g/mol. The summed E-state index contributed by atoms with van der Waals surface area (Å²) in [5, 5.41) is 4.40. The highest BCUT2D eigenvalue weighted by Gasteiger charge is 2.09. The van der Waals surface area contributed by atoms with Gasteiger partial charge in [-0.1, -0.05) is 35.5 Å². The number of hydrogen-bond acceptors (Lipinski definition) is 6. The number of benzene rings is 2. The van der Waals surface area contributed by atoms with E-state index in [-0.39, 0.29) is 5.56 Å². The van der Waals surface area contributed by atoms with E-state index in [0.717, 1.165) is 10.9 Å². The molecule has 0 spiro atoms. The van der Waals surface area contributed by atoms with Crippen molar-refractivity contribution in [3.63, 3.8) is 0 Å². The Morgan fingerprint density at radius 2 is 1.86 bits per heavy atom. The highest BCUT2D eigenvalue weighted by molar-refractivity contribution is 7.80. The van der Waals surface area contributed by atoms with Crippen LogP contribution in [0.5, 0.6) is 5.75 Å². The Morgan fingerprint density at radius 1 is 1.07 bits per heavy atom.